The van der Waals surface area contributed by atoms with Gasteiger partial charge in [0, 0.05) is 17.5 Å². The topological polar surface area (TPSA) is 92.7 Å². The van der Waals surface area contributed by atoms with Gasteiger partial charge >= 0.3 is 5.97 Å². The molecule has 0 heterocycles. The molecule has 0 fully saturated rings. The summed E-state index contributed by atoms with van der Waals surface area (Å²) in [6.45, 7) is 1.61. The van der Waals surface area contributed by atoms with Crippen molar-refractivity contribution in [2.24, 2.45) is 0 Å². The zero-order chi connectivity index (χ0) is 22.0. The van der Waals surface area contributed by atoms with Gasteiger partial charge in [-0.3, -0.25) is 4.79 Å². The van der Waals surface area contributed by atoms with E-state index >= 15 is 0 Å². The van der Waals surface area contributed by atoms with Gasteiger partial charge in [0.05, 0.1) is 12.0 Å². The molecule has 0 aliphatic carbocycles. The van der Waals surface area contributed by atoms with E-state index in [2.05, 4.69) is 28.4 Å². The van der Waals surface area contributed by atoms with Crippen molar-refractivity contribution in [2.45, 2.75) is 30.7 Å². The van der Waals surface area contributed by atoms with Gasteiger partial charge in [-0.15, -0.1) is 0 Å². The first-order valence-electron chi connectivity index (χ1n) is 9.22. The third-order valence-electron chi connectivity index (χ3n) is 4.12. The van der Waals surface area contributed by atoms with Crippen LogP contribution >= 0.6 is 0 Å². The number of aliphatic hydroxyl groups is 1. The van der Waals surface area contributed by atoms with Crippen molar-refractivity contribution in [3.05, 3.63) is 65.2 Å². The molecule has 156 valence electrons. The number of sulfonamides is 1. The Kier molecular flexibility index (Phi) is 8.64. The van der Waals surface area contributed by atoms with Crippen LogP contribution in [0.5, 0.6) is 0 Å². The summed E-state index contributed by atoms with van der Waals surface area (Å²) in [6.07, 6.45) is 0.410. The van der Waals surface area contributed by atoms with E-state index in [9.17, 15) is 13.2 Å². The minimum atomic E-state index is -3.88. The van der Waals surface area contributed by atoms with E-state index in [1.165, 1.54) is 19.2 Å². The molecule has 2 aromatic carbocycles. The zero-order valence-electron chi connectivity index (χ0n) is 16.8. The molecule has 2 rings (SSSR count). The summed E-state index contributed by atoms with van der Waals surface area (Å²) in [6, 6.07) is 12.5. The number of aliphatic hydroxyl groups excluding tert-OH is 1. The molecule has 0 saturated carbocycles. The summed E-state index contributed by atoms with van der Waals surface area (Å²) in [4.78, 5) is 12.1. The van der Waals surface area contributed by atoms with Gasteiger partial charge in [-0.25, -0.2) is 8.42 Å². The van der Waals surface area contributed by atoms with E-state index in [0.717, 1.165) is 5.56 Å². The minimum Gasteiger partial charge on any atom is -0.468 e. The number of nitrogens with one attached hydrogen (secondary N) is 1. The zero-order valence-corrected chi connectivity index (χ0v) is 17.6. The van der Waals surface area contributed by atoms with Crippen LogP contribution in [0.3, 0.4) is 0 Å². The highest BCUT2D eigenvalue weighted by Crippen LogP contribution is 2.12. The number of carbonyl (C=O) groups is 1. The number of esters is 1. The number of benzene rings is 2. The Morgan fingerprint density at radius 2 is 1.67 bits per heavy atom. The fraction of sp³-hybridized carbons (Fsp3) is 0.261. The molecule has 0 unspecified atom stereocenters. The molecule has 0 amide bonds. The molecule has 0 bridgehead atoms. The van der Waals surface area contributed by atoms with Crippen molar-refractivity contribution in [3.63, 3.8) is 0 Å². The molecule has 30 heavy (non-hydrogen) atoms. The predicted molar refractivity (Wildman–Crippen MR) is 114 cm³/mol. The Morgan fingerprint density at radius 3 is 2.23 bits per heavy atom. The Bertz CT molecular complexity index is 1100. The molecule has 0 radical (unpaired) electrons. The van der Waals surface area contributed by atoms with Crippen LogP contribution < -0.4 is 4.72 Å². The molecule has 0 aromatic heterocycles. The van der Waals surface area contributed by atoms with Crippen molar-refractivity contribution in [3.8, 4) is 23.7 Å². The Labute approximate surface area is 177 Å². The summed E-state index contributed by atoms with van der Waals surface area (Å²) in [5.74, 6) is 10.6. The van der Waals surface area contributed by atoms with Crippen LogP contribution in [-0.2, 0) is 19.6 Å². The average molecular weight is 426 g/mol. The number of aryl methyl sites for hydroxylation is 1. The van der Waals surface area contributed by atoms with Gasteiger partial charge in [-0.1, -0.05) is 53.5 Å². The first kappa shape index (κ1) is 23.2. The molecular weight excluding hydrogens is 402 g/mol. The van der Waals surface area contributed by atoms with E-state index in [1.54, 1.807) is 24.3 Å². The van der Waals surface area contributed by atoms with Gasteiger partial charge < -0.3 is 9.84 Å². The smallest absolute Gasteiger partial charge is 0.323 e. The summed E-state index contributed by atoms with van der Waals surface area (Å²) in [5.41, 5.74) is 2.30. The number of rotatable bonds is 6. The fourth-order valence-electron chi connectivity index (χ4n) is 2.55. The molecule has 0 spiro atoms. The van der Waals surface area contributed by atoms with E-state index in [-0.39, 0.29) is 24.3 Å². The quantitative estimate of drug-likeness (QED) is 0.546. The van der Waals surface area contributed by atoms with Crippen molar-refractivity contribution in [2.75, 3.05) is 13.7 Å². The molecule has 2 N–H and O–H groups in total. The molecule has 2 aromatic rings. The largest absolute Gasteiger partial charge is 0.468 e. The van der Waals surface area contributed by atoms with E-state index < -0.39 is 22.0 Å². The Hall–Kier alpha value is -3.10. The van der Waals surface area contributed by atoms with Crippen LogP contribution in [0.4, 0.5) is 0 Å². The monoisotopic (exact) mass is 425 g/mol. The second kappa shape index (κ2) is 11.2. The Morgan fingerprint density at radius 1 is 1.07 bits per heavy atom. The second-order valence-corrected chi connectivity index (χ2v) is 8.07. The van der Waals surface area contributed by atoms with Crippen molar-refractivity contribution < 1.29 is 23.1 Å². The number of ether oxygens (including phenoxy) is 1. The highest BCUT2D eigenvalue weighted by molar-refractivity contribution is 7.89. The van der Waals surface area contributed by atoms with Gasteiger partial charge in [-0.2, -0.15) is 4.72 Å². The maximum atomic E-state index is 12.6. The van der Waals surface area contributed by atoms with Crippen molar-refractivity contribution in [1.29, 1.82) is 0 Å². The second-order valence-electron chi connectivity index (χ2n) is 6.36. The standard InChI is InChI=1S/C23H23NO5S/c1-18-13-15-21(16-14-18)30(27,28)24-22(23(26)29-2)12-6-5-10-19-8-3-4-9-20(19)11-7-17-25/h3-4,8-9,13-16,22,24-25H,6,12,17H2,1-2H3/t22-/m0/s1. The molecule has 0 aliphatic rings. The summed E-state index contributed by atoms with van der Waals surface area (Å²) >= 11 is 0. The van der Waals surface area contributed by atoms with Crippen LogP contribution in [0.25, 0.3) is 0 Å². The van der Waals surface area contributed by atoms with E-state index in [4.69, 9.17) is 9.84 Å². The number of hydrogen-bond donors (Lipinski definition) is 2. The van der Waals surface area contributed by atoms with Gasteiger partial charge in [0.1, 0.15) is 12.6 Å². The lowest BCUT2D eigenvalue weighted by Crippen LogP contribution is -2.41. The van der Waals surface area contributed by atoms with Gasteiger partial charge in [0.15, 0.2) is 0 Å². The molecule has 7 heteroatoms. The Balaban J connectivity index is 2.12. The van der Waals surface area contributed by atoms with E-state index in [0.29, 0.717) is 11.1 Å². The molecule has 6 nitrogen and oxygen atoms in total. The summed E-state index contributed by atoms with van der Waals surface area (Å²) in [5, 5.41) is 8.85. The molecule has 1 atom stereocenters. The van der Waals surface area contributed by atoms with Crippen molar-refractivity contribution in [1.82, 2.24) is 4.72 Å². The first-order valence-corrected chi connectivity index (χ1v) is 10.7. The van der Waals surface area contributed by atoms with Crippen LogP contribution in [-0.4, -0.2) is 39.3 Å². The summed E-state index contributed by atoms with van der Waals surface area (Å²) < 4.78 is 32.3. The lowest BCUT2D eigenvalue weighted by Gasteiger charge is -2.15. The third-order valence-corrected chi connectivity index (χ3v) is 5.61. The van der Waals surface area contributed by atoms with Crippen LogP contribution in [0, 0.1) is 30.6 Å². The first-order chi connectivity index (χ1) is 14.4. The maximum absolute atomic E-state index is 12.6. The maximum Gasteiger partial charge on any atom is 0.323 e. The number of methoxy groups -OCH3 is 1. The minimum absolute atomic E-state index is 0.0736. The van der Waals surface area contributed by atoms with Crippen LogP contribution in [0.15, 0.2) is 53.4 Å². The summed E-state index contributed by atoms with van der Waals surface area (Å²) in [7, 11) is -2.67. The number of hydrogen-bond acceptors (Lipinski definition) is 5. The molecule has 0 saturated heterocycles. The molecular formula is C23H23NO5S. The number of carbonyl (C=O) groups excluding carboxylic acids is 1. The van der Waals surface area contributed by atoms with Crippen molar-refractivity contribution >= 4 is 16.0 Å². The average Bonchev–Trinajstić information content (AvgIpc) is 2.74. The highest BCUT2D eigenvalue weighted by Gasteiger charge is 2.25. The predicted octanol–water partition coefficient (Wildman–Crippen LogP) is 1.99. The SMILES string of the molecule is COC(=O)[C@H](CCC#Cc1ccccc1C#CCO)NS(=O)(=O)c1ccc(C)cc1. The normalized spacial score (nSPS) is 11.4. The fourth-order valence-corrected chi connectivity index (χ4v) is 3.77. The van der Waals surface area contributed by atoms with Gasteiger partial charge in [0.2, 0.25) is 10.0 Å². The lowest BCUT2D eigenvalue weighted by molar-refractivity contribution is -0.142. The van der Waals surface area contributed by atoms with Gasteiger partial charge in [0.25, 0.3) is 0 Å². The molecule has 0 aliphatic heterocycles. The lowest BCUT2D eigenvalue weighted by atomic mass is 10.1. The third kappa shape index (κ3) is 6.75. The van der Waals surface area contributed by atoms with E-state index in [1.807, 2.05) is 19.1 Å². The highest BCUT2D eigenvalue weighted by atomic mass is 32.2. The van der Waals surface area contributed by atoms with Crippen LogP contribution in [0.1, 0.15) is 29.5 Å². The van der Waals surface area contributed by atoms with Crippen LogP contribution in [0.2, 0.25) is 0 Å². The van der Waals surface area contributed by atoms with Gasteiger partial charge in [-0.05, 0) is 37.6 Å².